The molecule has 0 spiro atoms. The van der Waals surface area contributed by atoms with E-state index in [1.54, 1.807) is 24.5 Å². The Balaban J connectivity index is 2.63. The Morgan fingerprint density at radius 3 is 2.76 bits per heavy atom. The Labute approximate surface area is 100.0 Å². The van der Waals surface area contributed by atoms with Crippen LogP contribution in [-0.4, -0.2) is 41.6 Å². The Kier molecular flexibility index (Phi) is 4.59. The number of rotatable bonds is 6. The van der Waals surface area contributed by atoms with E-state index in [0.29, 0.717) is 0 Å². The van der Waals surface area contributed by atoms with Crippen LogP contribution in [0.4, 0.5) is 0 Å². The van der Waals surface area contributed by atoms with Gasteiger partial charge in [0.2, 0.25) is 10.0 Å². The van der Waals surface area contributed by atoms with Crippen molar-refractivity contribution in [2.24, 2.45) is 0 Å². The molecule has 1 N–H and O–H groups in total. The predicted octanol–water partition coefficient (Wildman–Crippen LogP) is 0.318. The first-order valence-electron chi connectivity index (χ1n) is 4.96. The standard InChI is InChI=1S/C10H14N2O4S/c1-12(8-9-3-2-5-11-7-9)17(15,16)6-4-10(13)14/h2-3,5,7H,4,6,8H2,1H3,(H,13,14). The fourth-order valence-electron chi connectivity index (χ4n) is 1.22. The van der Waals surface area contributed by atoms with Gasteiger partial charge in [0.1, 0.15) is 0 Å². The molecule has 0 aliphatic heterocycles. The number of hydrogen-bond donors (Lipinski definition) is 1. The smallest absolute Gasteiger partial charge is 0.304 e. The second-order valence-corrected chi connectivity index (χ2v) is 5.77. The number of nitrogens with zero attached hydrogens (tertiary/aromatic N) is 2. The molecule has 0 amide bonds. The third-order valence-electron chi connectivity index (χ3n) is 2.18. The van der Waals surface area contributed by atoms with Gasteiger partial charge in [0.25, 0.3) is 0 Å². The van der Waals surface area contributed by atoms with Gasteiger partial charge >= 0.3 is 5.97 Å². The summed E-state index contributed by atoms with van der Waals surface area (Å²) in [5.74, 6) is -1.51. The molecule has 0 saturated carbocycles. The summed E-state index contributed by atoms with van der Waals surface area (Å²) in [5.41, 5.74) is 0.758. The fraction of sp³-hybridized carbons (Fsp3) is 0.400. The summed E-state index contributed by atoms with van der Waals surface area (Å²) >= 11 is 0. The number of aliphatic carboxylic acids is 1. The van der Waals surface area contributed by atoms with E-state index >= 15 is 0 Å². The van der Waals surface area contributed by atoms with Gasteiger partial charge < -0.3 is 5.11 Å². The number of aromatic nitrogens is 1. The Morgan fingerprint density at radius 2 is 2.24 bits per heavy atom. The van der Waals surface area contributed by atoms with Gasteiger partial charge in [0.15, 0.2) is 0 Å². The van der Waals surface area contributed by atoms with Gasteiger partial charge in [0.05, 0.1) is 12.2 Å². The maximum Gasteiger partial charge on any atom is 0.304 e. The minimum absolute atomic E-state index is 0.190. The van der Waals surface area contributed by atoms with Crippen LogP contribution in [0.15, 0.2) is 24.5 Å². The number of hydrogen-bond acceptors (Lipinski definition) is 4. The Hall–Kier alpha value is -1.47. The van der Waals surface area contributed by atoms with Crippen molar-refractivity contribution in [3.8, 4) is 0 Å². The van der Waals surface area contributed by atoms with Crippen LogP contribution in [0.5, 0.6) is 0 Å². The first-order chi connectivity index (χ1) is 7.92. The van der Waals surface area contributed by atoms with E-state index in [1.165, 1.54) is 7.05 Å². The van der Waals surface area contributed by atoms with Gasteiger partial charge in [0, 0.05) is 26.0 Å². The molecule has 1 rings (SSSR count). The van der Waals surface area contributed by atoms with Crippen LogP contribution in [0.2, 0.25) is 0 Å². The van der Waals surface area contributed by atoms with E-state index < -0.39 is 16.0 Å². The first-order valence-corrected chi connectivity index (χ1v) is 6.57. The number of carboxylic acid groups (broad SMARTS) is 1. The zero-order valence-corrected chi connectivity index (χ0v) is 10.2. The van der Waals surface area contributed by atoms with Crippen molar-refractivity contribution in [3.05, 3.63) is 30.1 Å². The van der Waals surface area contributed by atoms with Crippen molar-refractivity contribution >= 4 is 16.0 Å². The van der Waals surface area contributed by atoms with E-state index in [2.05, 4.69) is 4.98 Å². The van der Waals surface area contributed by atoms with Crippen molar-refractivity contribution in [1.29, 1.82) is 0 Å². The minimum Gasteiger partial charge on any atom is -0.481 e. The van der Waals surface area contributed by atoms with Crippen molar-refractivity contribution in [2.45, 2.75) is 13.0 Å². The molecular weight excluding hydrogens is 244 g/mol. The average molecular weight is 258 g/mol. The van der Waals surface area contributed by atoms with Crippen LogP contribution < -0.4 is 0 Å². The molecule has 0 aliphatic rings. The lowest BCUT2D eigenvalue weighted by Crippen LogP contribution is -2.29. The molecular formula is C10H14N2O4S. The molecule has 0 fully saturated rings. The lowest BCUT2D eigenvalue weighted by Gasteiger charge is -2.16. The summed E-state index contributed by atoms with van der Waals surface area (Å²) in [6.07, 6.45) is 2.78. The molecule has 0 bridgehead atoms. The maximum absolute atomic E-state index is 11.7. The molecule has 94 valence electrons. The third kappa shape index (κ3) is 4.49. The third-order valence-corrected chi connectivity index (χ3v) is 3.98. The van der Waals surface area contributed by atoms with Gasteiger partial charge in [-0.15, -0.1) is 0 Å². The zero-order valence-electron chi connectivity index (χ0n) is 9.41. The topological polar surface area (TPSA) is 87.6 Å². The fourth-order valence-corrected chi connectivity index (χ4v) is 2.31. The van der Waals surface area contributed by atoms with Gasteiger partial charge in [-0.3, -0.25) is 9.78 Å². The lowest BCUT2D eigenvalue weighted by molar-refractivity contribution is -0.136. The summed E-state index contributed by atoms with van der Waals surface area (Å²) in [4.78, 5) is 14.2. The number of carbonyl (C=O) groups is 1. The average Bonchev–Trinajstić information content (AvgIpc) is 2.28. The highest BCUT2D eigenvalue weighted by atomic mass is 32.2. The molecule has 1 aromatic heterocycles. The molecule has 0 aromatic carbocycles. The van der Waals surface area contributed by atoms with E-state index in [-0.39, 0.29) is 18.7 Å². The molecule has 17 heavy (non-hydrogen) atoms. The summed E-state index contributed by atoms with van der Waals surface area (Å²) in [7, 11) is -2.11. The zero-order chi connectivity index (χ0) is 12.9. The molecule has 0 radical (unpaired) electrons. The maximum atomic E-state index is 11.7. The monoisotopic (exact) mass is 258 g/mol. The SMILES string of the molecule is CN(Cc1cccnc1)S(=O)(=O)CCC(=O)O. The van der Waals surface area contributed by atoms with E-state index in [0.717, 1.165) is 9.87 Å². The largest absolute Gasteiger partial charge is 0.481 e. The molecule has 0 atom stereocenters. The molecule has 1 aromatic rings. The van der Waals surface area contributed by atoms with Crippen LogP contribution in [0.3, 0.4) is 0 Å². The highest BCUT2D eigenvalue weighted by Gasteiger charge is 2.19. The van der Waals surface area contributed by atoms with Crippen molar-refractivity contribution in [3.63, 3.8) is 0 Å². The summed E-state index contributed by atoms with van der Waals surface area (Å²) in [5, 5.41) is 8.46. The van der Waals surface area contributed by atoms with Gasteiger partial charge in [-0.05, 0) is 11.6 Å². The predicted molar refractivity (Wildman–Crippen MR) is 61.7 cm³/mol. The molecule has 0 unspecified atom stereocenters. The van der Waals surface area contributed by atoms with Crippen molar-refractivity contribution < 1.29 is 18.3 Å². The Morgan fingerprint density at radius 1 is 1.53 bits per heavy atom. The first kappa shape index (κ1) is 13.6. The highest BCUT2D eigenvalue weighted by Crippen LogP contribution is 2.07. The molecule has 0 aliphatic carbocycles. The van der Waals surface area contributed by atoms with E-state index in [1.807, 2.05) is 0 Å². The molecule has 7 heteroatoms. The van der Waals surface area contributed by atoms with Crippen LogP contribution in [-0.2, 0) is 21.4 Å². The second-order valence-electron chi connectivity index (χ2n) is 3.58. The van der Waals surface area contributed by atoms with Gasteiger partial charge in [-0.1, -0.05) is 6.07 Å². The van der Waals surface area contributed by atoms with Gasteiger partial charge in [-0.25, -0.2) is 12.7 Å². The summed E-state index contributed by atoms with van der Waals surface area (Å²) in [6.45, 7) is 0.190. The van der Waals surface area contributed by atoms with Crippen molar-refractivity contribution in [2.75, 3.05) is 12.8 Å². The van der Waals surface area contributed by atoms with Crippen LogP contribution in [0, 0.1) is 0 Å². The van der Waals surface area contributed by atoms with Crippen molar-refractivity contribution in [1.82, 2.24) is 9.29 Å². The van der Waals surface area contributed by atoms with Crippen LogP contribution >= 0.6 is 0 Å². The quantitative estimate of drug-likeness (QED) is 0.793. The molecule has 6 nitrogen and oxygen atoms in total. The molecule has 1 heterocycles. The van der Waals surface area contributed by atoms with Gasteiger partial charge in [-0.2, -0.15) is 0 Å². The normalized spacial score (nSPS) is 11.6. The Bertz CT molecular complexity index is 472. The van der Waals surface area contributed by atoms with Crippen LogP contribution in [0.25, 0.3) is 0 Å². The summed E-state index contributed by atoms with van der Waals surface area (Å²) in [6, 6.07) is 3.48. The van der Waals surface area contributed by atoms with Crippen LogP contribution in [0.1, 0.15) is 12.0 Å². The lowest BCUT2D eigenvalue weighted by atomic mass is 10.3. The second kappa shape index (κ2) is 5.74. The van der Waals surface area contributed by atoms with E-state index in [9.17, 15) is 13.2 Å². The highest BCUT2D eigenvalue weighted by molar-refractivity contribution is 7.89. The summed E-state index contributed by atoms with van der Waals surface area (Å²) < 4.78 is 24.5. The number of pyridine rings is 1. The molecule has 0 saturated heterocycles. The number of carboxylic acids is 1. The van der Waals surface area contributed by atoms with E-state index in [4.69, 9.17) is 5.11 Å². The minimum atomic E-state index is -3.53. The number of sulfonamides is 1.